The maximum absolute atomic E-state index is 13.9. The molecular formula is C65H75F3N10O15S2. The van der Waals surface area contributed by atoms with Crippen molar-refractivity contribution in [2.24, 2.45) is 5.92 Å². The SMILES string of the molecule is COC(=O)[C@H](CCC(=O)N[C@H](CSSCCC(=O)NCCCCCC(=O)N1C[C@H](O)C[C@H]1COC(c1ccccc1)(c1ccc(OC)cc1)c1ccc(OC)cc1)C(=O)OC)NC(=O)c1ccc(N(Cc2cnc3nc(NC(=O)C(C)C)[nH]c(=O)c3n2)C(=O)C(F)(F)F)cc1. The van der Waals surface area contributed by atoms with Crippen molar-refractivity contribution >= 4 is 91.8 Å². The number of hydrogen-bond acceptors (Lipinski definition) is 20. The average molecular weight is 1360 g/mol. The van der Waals surface area contributed by atoms with Gasteiger partial charge in [-0.15, -0.1) is 0 Å². The molecule has 0 bridgehead atoms. The second-order valence-corrected chi connectivity index (χ2v) is 24.8. The van der Waals surface area contributed by atoms with E-state index in [1.165, 1.54) is 21.6 Å². The first-order chi connectivity index (χ1) is 45.5. The van der Waals surface area contributed by atoms with E-state index in [1.54, 1.807) is 33.0 Å². The number of esters is 2. The van der Waals surface area contributed by atoms with E-state index in [9.17, 15) is 61.4 Å². The van der Waals surface area contributed by atoms with Crippen LogP contribution in [-0.2, 0) is 59.9 Å². The highest BCUT2D eigenvalue weighted by Gasteiger charge is 2.44. The van der Waals surface area contributed by atoms with Crippen molar-refractivity contribution in [1.82, 2.24) is 40.8 Å². The standard InChI is InChI=1S/C65H75F3N10O15S2/c1-39(2)57(83)75-63-74-56-55(59(85)76-63)71-44(34-70-56)35-78(62(88)65(66,67)68)45-22-16-40(17-23-45)58(84)73-50(60(86)91-5)28-29-53(81)72-51(61(87)92-6)38-95-94-32-30-52(80)69-31-12-8-11-15-54(82)77-36-47(79)33-46(77)37-93-64(41-13-9-7-10-14-41,42-18-24-48(89-3)25-19-42)43-20-26-49(90-4)27-21-43/h7,9-10,13-14,16-27,34,39,46-47,50-51,79H,8,11-12,15,28-33,35-38H2,1-6H3,(H,69,80)(H,72,81)(H,73,84)(H2,70,74,75,76,83,85)/t46-,47+,50-,51+/m0/s1. The minimum atomic E-state index is -5.39. The number of β-amino-alcohol motifs (C(OH)–C–C–N with tert-alkyl or cyclic N) is 1. The molecule has 6 aromatic rings. The number of anilines is 2. The van der Waals surface area contributed by atoms with Crippen molar-refractivity contribution in [3.05, 3.63) is 148 Å². The number of likely N-dealkylation sites (tertiary alicyclic amines) is 1. The Balaban J connectivity index is 0.827. The minimum absolute atomic E-state index is 0.0307. The smallest absolute Gasteiger partial charge is 0.471 e. The predicted molar refractivity (Wildman–Crippen MR) is 347 cm³/mol. The third-order valence-electron chi connectivity index (χ3n) is 15.3. The lowest BCUT2D eigenvalue weighted by molar-refractivity contribution is -0.170. The number of ether oxygens (including phenoxy) is 5. The third kappa shape index (κ3) is 20.2. The van der Waals surface area contributed by atoms with Crippen LogP contribution in [0.3, 0.4) is 0 Å². The number of nitrogens with one attached hydrogen (secondary N) is 5. The molecule has 7 rings (SSSR count). The van der Waals surface area contributed by atoms with Crippen LogP contribution >= 0.6 is 21.6 Å². The highest BCUT2D eigenvalue weighted by atomic mass is 33.1. The number of fused-ring (bicyclic) bond motifs is 1. The molecule has 1 saturated heterocycles. The monoisotopic (exact) mass is 1360 g/mol. The molecule has 4 atom stereocenters. The Kier molecular flexibility index (Phi) is 26.9. The van der Waals surface area contributed by atoms with Crippen molar-refractivity contribution in [1.29, 1.82) is 0 Å². The molecule has 0 unspecified atom stereocenters. The lowest BCUT2D eigenvalue weighted by atomic mass is 9.80. The van der Waals surface area contributed by atoms with Gasteiger partial charge in [-0.3, -0.25) is 48.8 Å². The lowest BCUT2D eigenvalue weighted by Gasteiger charge is -2.38. The summed E-state index contributed by atoms with van der Waals surface area (Å²) in [5, 5.41) is 21.1. The molecule has 2 aromatic heterocycles. The number of hydrogen-bond donors (Lipinski definition) is 6. The molecule has 0 radical (unpaired) electrons. The maximum Gasteiger partial charge on any atom is 0.471 e. The summed E-state index contributed by atoms with van der Waals surface area (Å²) in [7, 11) is 7.86. The zero-order chi connectivity index (χ0) is 68.8. The number of aliphatic hydroxyl groups excluding tert-OH is 1. The molecule has 6 amide bonds. The number of H-pyrrole nitrogens is 1. The summed E-state index contributed by atoms with van der Waals surface area (Å²) >= 11 is 0. The van der Waals surface area contributed by atoms with E-state index in [2.05, 4.69) is 41.2 Å². The number of amides is 6. The van der Waals surface area contributed by atoms with Crippen LogP contribution in [0.5, 0.6) is 11.5 Å². The summed E-state index contributed by atoms with van der Waals surface area (Å²) < 4.78 is 69.5. The minimum Gasteiger partial charge on any atom is -0.497 e. The fourth-order valence-corrected chi connectivity index (χ4v) is 12.4. The van der Waals surface area contributed by atoms with Crippen LogP contribution in [0.2, 0.25) is 0 Å². The van der Waals surface area contributed by atoms with Crippen molar-refractivity contribution < 1.29 is 80.3 Å². The quantitative estimate of drug-likeness (QED) is 0.0110. The molecule has 4 aromatic carbocycles. The number of aromatic amines is 1. The summed E-state index contributed by atoms with van der Waals surface area (Å²) in [5.41, 5.74) is -0.850. The fourth-order valence-electron chi connectivity index (χ4n) is 10.2. The predicted octanol–water partition coefficient (Wildman–Crippen LogP) is 6.55. The number of unbranched alkanes of at least 4 members (excludes halogenated alkanes) is 2. The van der Waals surface area contributed by atoms with E-state index in [0.29, 0.717) is 54.4 Å². The molecule has 30 heteroatoms. The van der Waals surface area contributed by atoms with E-state index >= 15 is 0 Å². The number of methoxy groups -OCH3 is 4. The first kappa shape index (κ1) is 73.3. The van der Waals surface area contributed by atoms with Crippen LogP contribution in [0.25, 0.3) is 11.2 Å². The number of rotatable bonds is 33. The maximum atomic E-state index is 13.9. The molecule has 0 aliphatic carbocycles. The first-order valence-electron chi connectivity index (χ1n) is 30.3. The number of aliphatic hydroxyl groups is 1. The number of carbonyl (C=O) groups is 8. The molecule has 1 aliphatic rings. The Labute approximate surface area is 553 Å². The molecule has 0 spiro atoms. The largest absolute Gasteiger partial charge is 0.497 e. The number of carbonyl (C=O) groups excluding carboxylic acids is 8. The van der Waals surface area contributed by atoms with Gasteiger partial charge in [-0.25, -0.2) is 19.6 Å². The lowest BCUT2D eigenvalue weighted by Crippen LogP contribution is -2.45. The second-order valence-electron chi connectivity index (χ2n) is 22.2. The molecule has 3 heterocycles. The third-order valence-corrected chi connectivity index (χ3v) is 17.7. The van der Waals surface area contributed by atoms with Crippen LogP contribution < -0.4 is 41.2 Å². The fraction of sp³-hybridized carbons (Fsp3) is 0.415. The number of benzene rings is 4. The zero-order valence-corrected chi connectivity index (χ0v) is 54.7. The van der Waals surface area contributed by atoms with Crippen molar-refractivity contribution in [3.63, 3.8) is 0 Å². The van der Waals surface area contributed by atoms with E-state index < -0.39 is 102 Å². The number of halogens is 3. The Hall–Kier alpha value is -9.13. The van der Waals surface area contributed by atoms with Gasteiger partial charge in [0.15, 0.2) is 11.2 Å². The van der Waals surface area contributed by atoms with Crippen molar-refractivity contribution in [2.75, 3.05) is 69.9 Å². The molecule has 508 valence electrons. The number of nitrogens with zero attached hydrogens (tertiary/aromatic N) is 5. The van der Waals surface area contributed by atoms with E-state index in [0.717, 1.165) is 61.4 Å². The summed E-state index contributed by atoms with van der Waals surface area (Å²) in [5.74, 6) is -5.38. The normalized spacial score (nSPS) is 14.5. The molecule has 25 nitrogen and oxygen atoms in total. The van der Waals surface area contributed by atoms with Gasteiger partial charge in [0.1, 0.15) is 29.2 Å². The molecule has 95 heavy (non-hydrogen) atoms. The van der Waals surface area contributed by atoms with Crippen LogP contribution in [0, 0.1) is 5.92 Å². The highest BCUT2D eigenvalue weighted by molar-refractivity contribution is 8.76. The Morgan fingerprint density at radius 3 is 1.99 bits per heavy atom. The number of alkyl halides is 3. The van der Waals surface area contributed by atoms with Gasteiger partial charge in [0, 0.05) is 61.0 Å². The van der Waals surface area contributed by atoms with Gasteiger partial charge < -0.3 is 49.6 Å². The molecule has 0 saturated carbocycles. The van der Waals surface area contributed by atoms with Gasteiger partial charge in [0.05, 0.1) is 65.6 Å². The molecule has 1 aliphatic heterocycles. The average Bonchev–Trinajstić information content (AvgIpc) is 1.14. The van der Waals surface area contributed by atoms with Crippen molar-refractivity contribution in [2.45, 2.75) is 108 Å². The van der Waals surface area contributed by atoms with E-state index in [4.69, 9.17) is 23.7 Å². The Morgan fingerprint density at radius 2 is 1.38 bits per heavy atom. The zero-order valence-electron chi connectivity index (χ0n) is 53.0. The first-order valence-corrected chi connectivity index (χ1v) is 32.8. The molecule has 6 N–H and O–H groups in total. The van der Waals surface area contributed by atoms with Gasteiger partial charge in [-0.1, -0.05) is 96.5 Å². The summed E-state index contributed by atoms with van der Waals surface area (Å²) in [4.78, 5) is 133. The van der Waals surface area contributed by atoms with Gasteiger partial charge in [-0.05, 0) is 90.9 Å². The van der Waals surface area contributed by atoms with Crippen LogP contribution in [0.1, 0.15) is 98.0 Å². The highest BCUT2D eigenvalue weighted by Crippen LogP contribution is 2.42. The van der Waals surface area contributed by atoms with Crippen molar-refractivity contribution in [3.8, 4) is 11.5 Å². The van der Waals surface area contributed by atoms with Gasteiger partial charge in [-0.2, -0.15) is 18.2 Å². The van der Waals surface area contributed by atoms with Gasteiger partial charge >= 0.3 is 24.0 Å². The Morgan fingerprint density at radius 1 is 0.747 bits per heavy atom. The topological polar surface area (TPSA) is 329 Å². The molecule has 1 fully saturated rings. The van der Waals surface area contributed by atoms with Crippen LogP contribution in [0.15, 0.2) is 114 Å². The summed E-state index contributed by atoms with van der Waals surface area (Å²) in [6.07, 6.45) is -3.29. The van der Waals surface area contributed by atoms with Crippen LogP contribution in [0.4, 0.5) is 24.8 Å². The summed E-state index contributed by atoms with van der Waals surface area (Å²) in [6, 6.07) is 26.4. The van der Waals surface area contributed by atoms with Gasteiger partial charge in [0.2, 0.25) is 29.6 Å². The molecular weight excluding hydrogens is 1280 g/mol. The number of aromatic nitrogens is 4. The van der Waals surface area contributed by atoms with Crippen LogP contribution in [-0.4, -0.2) is 167 Å². The van der Waals surface area contributed by atoms with E-state index in [1.807, 2.05) is 78.9 Å². The second kappa shape index (κ2) is 34.9. The van der Waals surface area contributed by atoms with E-state index in [-0.39, 0.29) is 78.5 Å². The summed E-state index contributed by atoms with van der Waals surface area (Å²) in [6.45, 7) is 3.05. The Bertz CT molecular complexity index is 3640. The van der Waals surface area contributed by atoms with Gasteiger partial charge in [0.25, 0.3) is 11.5 Å².